The van der Waals surface area contributed by atoms with Crippen LogP contribution in [0.1, 0.15) is 34.8 Å². The predicted octanol–water partition coefficient (Wildman–Crippen LogP) is 4.56. The van der Waals surface area contributed by atoms with Gasteiger partial charge in [-0.15, -0.1) is 0 Å². The molecule has 0 atom stereocenters. The van der Waals surface area contributed by atoms with Crippen molar-refractivity contribution in [1.82, 2.24) is 20.2 Å². The summed E-state index contributed by atoms with van der Waals surface area (Å²) in [6.07, 6.45) is 4.88. The average Bonchev–Trinajstić information content (AvgIpc) is 2.95. The van der Waals surface area contributed by atoms with Crippen LogP contribution in [0.3, 0.4) is 0 Å². The summed E-state index contributed by atoms with van der Waals surface area (Å²) in [7, 11) is 4.07. The number of aryl methyl sites for hydroxylation is 1. The van der Waals surface area contributed by atoms with Gasteiger partial charge in [-0.1, -0.05) is 24.8 Å². The zero-order chi connectivity index (χ0) is 28.9. The third-order valence-electron chi connectivity index (χ3n) is 5.73. The Bertz CT molecular complexity index is 1560. The number of benzene rings is 2. The van der Waals surface area contributed by atoms with Crippen molar-refractivity contribution in [3.05, 3.63) is 106 Å². The van der Waals surface area contributed by atoms with Crippen molar-refractivity contribution in [2.24, 2.45) is 0 Å². The SMILES string of the molecule is CCc1ccc(F)c(F)c1.CN(C)CCCOc1ccnc2ccc(C#CCNC(=O)c3ccc[nH]c3=O)cc12. The fourth-order valence-corrected chi connectivity index (χ4v) is 3.61. The van der Waals surface area contributed by atoms with Crippen molar-refractivity contribution in [3.8, 4) is 17.6 Å². The number of fused-ring (bicyclic) bond motifs is 1. The van der Waals surface area contributed by atoms with Gasteiger partial charge >= 0.3 is 0 Å². The summed E-state index contributed by atoms with van der Waals surface area (Å²) in [6.45, 7) is 3.61. The molecule has 0 radical (unpaired) electrons. The van der Waals surface area contributed by atoms with E-state index in [0.717, 1.165) is 53.2 Å². The number of rotatable bonds is 8. The number of ether oxygens (including phenoxy) is 1. The van der Waals surface area contributed by atoms with Gasteiger partial charge in [-0.25, -0.2) is 8.78 Å². The van der Waals surface area contributed by atoms with E-state index < -0.39 is 23.1 Å². The number of halogens is 2. The first-order valence-electron chi connectivity index (χ1n) is 12.8. The lowest BCUT2D eigenvalue weighted by Crippen LogP contribution is -2.29. The van der Waals surface area contributed by atoms with Crippen LogP contribution in [0, 0.1) is 23.5 Å². The van der Waals surface area contributed by atoms with Gasteiger partial charge in [-0.05, 0) is 81.0 Å². The Balaban J connectivity index is 0.000000371. The quantitative estimate of drug-likeness (QED) is 0.250. The van der Waals surface area contributed by atoms with E-state index in [4.69, 9.17) is 4.74 Å². The van der Waals surface area contributed by atoms with E-state index in [2.05, 4.69) is 32.0 Å². The number of nitrogens with zero attached hydrogens (tertiary/aromatic N) is 2. The Morgan fingerprint density at radius 3 is 2.65 bits per heavy atom. The highest BCUT2D eigenvalue weighted by Crippen LogP contribution is 2.25. The molecule has 0 bridgehead atoms. The van der Waals surface area contributed by atoms with Crippen LogP contribution in [0.15, 0.2) is 71.8 Å². The van der Waals surface area contributed by atoms with Gasteiger partial charge in [-0.3, -0.25) is 14.6 Å². The van der Waals surface area contributed by atoms with E-state index in [1.807, 2.05) is 45.3 Å². The van der Waals surface area contributed by atoms with E-state index in [-0.39, 0.29) is 12.1 Å². The second-order valence-corrected chi connectivity index (χ2v) is 9.05. The molecule has 0 aliphatic rings. The number of hydrogen-bond acceptors (Lipinski definition) is 5. The predicted molar refractivity (Wildman–Crippen MR) is 152 cm³/mol. The zero-order valence-corrected chi connectivity index (χ0v) is 22.8. The summed E-state index contributed by atoms with van der Waals surface area (Å²) in [5, 5.41) is 3.53. The van der Waals surface area contributed by atoms with Gasteiger partial charge < -0.3 is 19.9 Å². The molecule has 2 aromatic heterocycles. The largest absolute Gasteiger partial charge is 0.493 e. The van der Waals surface area contributed by atoms with Gasteiger partial charge in [-0.2, -0.15) is 0 Å². The Morgan fingerprint density at radius 2 is 1.93 bits per heavy atom. The van der Waals surface area contributed by atoms with Crippen LogP contribution in [0.5, 0.6) is 5.75 Å². The van der Waals surface area contributed by atoms with E-state index in [1.54, 1.807) is 18.3 Å². The Morgan fingerprint density at radius 1 is 1.10 bits per heavy atom. The molecule has 7 nitrogen and oxygen atoms in total. The molecule has 1 amide bonds. The van der Waals surface area contributed by atoms with E-state index in [0.29, 0.717) is 6.61 Å². The molecule has 208 valence electrons. The lowest BCUT2D eigenvalue weighted by Gasteiger charge is -2.11. The van der Waals surface area contributed by atoms with E-state index in [9.17, 15) is 18.4 Å². The highest BCUT2D eigenvalue weighted by Gasteiger charge is 2.08. The standard InChI is InChI=1S/C23H24N4O3.C8H8F2/c1-27(2)14-5-15-30-21-10-13-24-20-9-8-17(16-19(20)21)6-3-11-25-22(28)18-7-4-12-26-23(18)29;1-2-6-3-4-7(9)8(10)5-6/h4,7-10,12-13,16H,5,11,14-15H2,1-2H3,(H,25,28)(H,26,29);3-5H,2H2,1H3. The third-order valence-corrected chi connectivity index (χ3v) is 5.73. The molecule has 0 fully saturated rings. The molecule has 2 N–H and O–H groups in total. The summed E-state index contributed by atoms with van der Waals surface area (Å²) >= 11 is 0. The number of hydrogen-bond donors (Lipinski definition) is 2. The Labute approximate surface area is 232 Å². The highest BCUT2D eigenvalue weighted by molar-refractivity contribution is 5.93. The molecule has 0 aliphatic carbocycles. The van der Waals surface area contributed by atoms with Gasteiger partial charge in [0.05, 0.1) is 18.7 Å². The van der Waals surface area contributed by atoms with Crippen LogP contribution >= 0.6 is 0 Å². The van der Waals surface area contributed by atoms with Crippen molar-refractivity contribution < 1.29 is 18.3 Å². The second-order valence-electron chi connectivity index (χ2n) is 9.05. The van der Waals surface area contributed by atoms with E-state index >= 15 is 0 Å². The summed E-state index contributed by atoms with van der Waals surface area (Å²) in [5.41, 5.74) is 2.08. The van der Waals surface area contributed by atoms with Crippen LogP contribution in [-0.4, -0.2) is 54.6 Å². The Hall–Kier alpha value is -4.55. The van der Waals surface area contributed by atoms with Gasteiger partial charge in [0.15, 0.2) is 11.6 Å². The smallest absolute Gasteiger partial charge is 0.260 e. The lowest BCUT2D eigenvalue weighted by molar-refractivity contribution is 0.0957. The minimum absolute atomic E-state index is 0.0622. The van der Waals surface area contributed by atoms with Gasteiger partial charge in [0, 0.05) is 29.9 Å². The lowest BCUT2D eigenvalue weighted by atomic mass is 10.1. The van der Waals surface area contributed by atoms with Crippen LogP contribution in [0.4, 0.5) is 8.78 Å². The minimum Gasteiger partial charge on any atom is -0.493 e. The van der Waals surface area contributed by atoms with Gasteiger partial charge in [0.25, 0.3) is 11.5 Å². The minimum atomic E-state index is -0.780. The zero-order valence-electron chi connectivity index (χ0n) is 22.8. The molecule has 4 aromatic rings. The fraction of sp³-hybridized carbons (Fsp3) is 0.258. The normalized spacial score (nSPS) is 10.3. The van der Waals surface area contributed by atoms with Gasteiger partial charge in [0.2, 0.25) is 0 Å². The number of carbonyl (C=O) groups excluding carboxylic acids is 1. The van der Waals surface area contributed by atoms with Crippen LogP contribution in [-0.2, 0) is 6.42 Å². The van der Waals surface area contributed by atoms with Crippen molar-refractivity contribution >= 4 is 16.8 Å². The number of pyridine rings is 2. The number of H-pyrrole nitrogens is 1. The summed E-state index contributed by atoms with van der Waals surface area (Å²) in [5.74, 6) is 4.71. The maximum Gasteiger partial charge on any atom is 0.260 e. The summed E-state index contributed by atoms with van der Waals surface area (Å²) in [6, 6.07) is 14.6. The van der Waals surface area contributed by atoms with Crippen molar-refractivity contribution in [2.45, 2.75) is 19.8 Å². The molecule has 0 unspecified atom stereocenters. The summed E-state index contributed by atoms with van der Waals surface area (Å²) in [4.78, 5) is 32.6. The first-order valence-corrected chi connectivity index (χ1v) is 12.8. The molecule has 9 heteroatoms. The molecule has 0 spiro atoms. The van der Waals surface area contributed by atoms with Crippen molar-refractivity contribution in [1.29, 1.82) is 0 Å². The van der Waals surface area contributed by atoms with Crippen LogP contribution < -0.4 is 15.6 Å². The molecule has 40 heavy (non-hydrogen) atoms. The first kappa shape index (κ1) is 30.0. The molecule has 2 aromatic carbocycles. The highest BCUT2D eigenvalue weighted by atomic mass is 19.2. The monoisotopic (exact) mass is 546 g/mol. The van der Waals surface area contributed by atoms with Crippen molar-refractivity contribution in [3.63, 3.8) is 0 Å². The topological polar surface area (TPSA) is 87.3 Å². The second kappa shape index (κ2) is 15.1. The maximum atomic E-state index is 12.4. The molecule has 4 rings (SSSR count). The maximum absolute atomic E-state index is 12.4. The molecule has 0 saturated heterocycles. The molecular weight excluding hydrogens is 514 g/mol. The molecular formula is C31H32F2N4O3. The fourth-order valence-electron chi connectivity index (χ4n) is 3.61. The molecule has 0 aliphatic heterocycles. The molecule has 0 saturated carbocycles. The first-order chi connectivity index (χ1) is 19.3. The number of nitrogens with one attached hydrogen (secondary N) is 2. The number of amides is 1. The van der Waals surface area contributed by atoms with Crippen LogP contribution in [0.25, 0.3) is 10.9 Å². The van der Waals surface area contributed by atoms with E-state index in [1.165, 1.54) is 18.3 Å². The number of aromatic amines is 1. The summed E-state index contributed by atoms with van der Waals surface area (Å²) < 4.78 is 30.6. The number of carbonyl (C=O) groups is 1. The van der Waals surface area contributed by atoms with Crippen molar-refractivity contribution in [2.75, 3.05) is 33.8 Å². The molecule has 2 heterocycles. The average molecular weight is 547 g/mol. The number of aromatic nitrogens is 2. The van der Waals surface area contributed by atoms with Crippen LogP contribution in [0.2, 0.25) is 0 Å². The Kier molecular flexibility index (Phi) is 11.4. The van der Waals surface area contributed by atoms with Gasteiger partial charge in [0.1, 0.15) is 11.3 Å². The third kappa shape index (κ3) is 9.03.